The van der Waals surface area contributed by atoms with Crippen LogP contribution in [0.3, 0.4) is 0 Å². The molecule has 2 N–H and O–H groups in total. The third kappa shape index (κ3) is 5.89. The summed E-state index contributed by atoms with van der Waals surface area (Å²) in [4.78, 5) is 9.16. The predicted molar refractivity (Wildman–Crippen MR) is 102 cm³/mol. The second-order valence-corrected chi connectivity index (χ2v) is 8.27. The van der Waals surface area contributed by atoms with E-state index in [0.717, 1.165) is 55.3 Å². The Hall–Kier alpha value is -1.43. The molecule has 3 atom stereocenters. The third-order valence-corrected chi connectivity index (χ3v) is 6.05. The second kappa shape index (κ2) is 9.77. The highest BCUT2D eigenvalue weighted by Gasteiger charge is 2.25. The standard InChI is InChI=1S/C18H30N4OS/c1-4-19-18(20-13-16-10-6-8-14(3)21-16)22-15-9-7-11-17(12-15)24(23)5-2/h6,8,10,15,17H,4-5,7,9,11-13H2,1-3H3,(H2,19,20,22). The molecule has 1 aromatic rings. The average Bonchev–Trinajstić information content (AvgIpc) is 2.59. The number of aromatic nitrogens is 1. The zero-order valence-corrected chi connectivity index (χ0v) is 15.9. The van der Waals surface area contributed by atoms with Gasteiger partial charge in [-0.3, -0.25) is 9.19 Å². The molecule has 0 spiro atoms. The van der Waals surface area contributed by atoms with Crippen molar-refractivity contribution >= 4 is 16.8 Å². The Balaban J connectivity index is 1.97. The number of guanidine groups is 1. The molecule has 1 aromatic heterocycles. The molecule has 1 aliphatic carbocycles. The molecule has 5 nitrogen and oxygen atoms in total. The van der Waals surface area contributed by atoms with E-state index in [1.54, 1.807) is 0 Å². The molecular weight excluding hydrogens is 320 g/mol. The summed E-state index contributed by atoms with van der Waals surface area (Å²) < 4.78 is 12.1. The van der Waals surface area contributed by atoms with E-state index in [4.69, 9.17) is 0 Å². The molecular formula is C18H30N4OS. The molecule has 3 unspecified atom stereocenters. The lowest BCUT2D eigenvalue weighted by Crippen LogP contribution is -2.46. The minimum Gasteiger partial charge on any atom is -0.357 e. The maximum absolute atomic E-state index is 12.1. The van der Waals surface area contributed by atoms with Gasteiger partial charge < -0.3 is 10.6 Å². The zero-order chi connectivity index (χ0) is 17.4. The van der Waals surface area contributed by atoms with Gasteiger partial charge in [-0.2, -0.15) is 0 Å². The van der Waals surface area contributed by atoms with Gasteiger partial charge in [0.1, 0.15) is 0 Å². The summed E-state index contributed by atoms with van der Waals surface area (Å²) in [5.74, 6) is 1.58. The quantitative estimate of drug-likeness (QED) is 0.611. The van der Waals surface area contributed by atoms with E-state index in [9.17, 15) is 4.21 Å². The largest absolute Gasteiger partial charge is 0.357 e. The van der Waals surface area contributed by atoms with Gasteiger partial charge in [-0.15, -0.1) is 0 Å². The Kier molecular flexibility index (Phi) is 7.69. The van der Waals surface area contributed by atoms with E-state index in [2.05, 4.69) is 27.5 Å². The first-order valence-corrected chi connectivity index (χ1v) is 10.3. The van der Waals surface area contributed by atoms with E-state index in [-0.39, 0.29) is 0 Å². The summed E-state index contributed by atoms with van der Waals surface area (Å²) in [5.41, 5.74) is 1.98. The van der Waals surface area contributed by atoms with E-state index in [1.165, 1.54) is 0 Å². The molecule has 1 saturated carbocycles. The van der Waals surface area contributed by atoms with Crippen LogP contribution in [0, 0.1) is 6.92 Å². The van der Waals surface area contributed by atoms with Crippen molar-refractivity contribution in [2.45, 2.75) is 64.3 Å². The van der Waals surface area contributed by atoms with Gasteiger partial charge in [0.05, 0.1) is 12.2 Å². The molecule has 0 amide bonds. The Morgan fingerprint density at radius 2 is 2.21 bits per heavy atom. The van der Waals surface area contributed by atoms with Crippen molar-refractivity contribution in [2.24, 2.45) is 4.99 Å². The van der Waals surface area contributed by atoms with Crippen LogP contribution in [0.5, 0.6) is 0 Å². The van der Waals surface area contributed by atoms with Crippen molar-refractivity contribution in [3.05, 3.63) is 29.6 Å². The maximum atomic E-state index is 12.1. The summed E-state index contributed by atoms with van der Waals surface area (Å²) in [6.45, 7) is 7.45. The minimum atomic E-state index is -0.699. The van der Waals surface area contributed by atoms with Gasteiger partial charge in [0, 0.05) is 40.1 Å². The Bertz CT molecular complexity index is 576. The van der Waals surface area contributed by atoms with Crippen molar-refractivity contribution in [3.8, 4) is 0 Å². The fourth-order valence-electron chi connectivity index (χ4n) is 3.11. The summed E-state index contributed by atoms with van der Waals surface area (Å²) in [7, 11) is -0.699. The van der Waals surface area contributed by atoms with E-state index in [0.29, 0.717) is 17.8 Å². The van der Waals surface area contributed by atoms with Crippen LogP contribution in [0.2, 0.25) is 0 Å². The lowest BCUT2D eigenvalue weighted by molar-refractivity contribution is 0.413. The summed E-state index contributed by atoms with van der Waals surface area (Å²) in [6.07, 6.45) is 4.30. The minimum absolute atomic E-state index is 0.322. The van der Waals surface area contributed by atoms with Gasteiger partial charge in [0.25, 0.3) is 0 Å². The van der Waals surface area contributed by atoms with E-state index < -0.39 is 10.8 Å². The normalized spacial score (nSPS) is 22.9. The van der Waals surface area contributed by atoms with Crippen molar-refractivity contribution < 1.29 is 4.21 Å². The number of pyridine rings is 1. The summed E-state index contributed by atoms with van der Waals surface area (Å²) in [6, 6.07) is 6.36. The molecule has 0 aliphatic heterocycles. The molecule has 0 aromatic carbocycles. The molecule has 0 bridgehead atoms. The smallest absolute Gasteiger partial charge is 0.191 e. The topological polar surface area (TPSA) is 66.4 Å². The molecule has 0 saturated heterocycles. The van der Waals surface area contributed by atoms with Crippen LogP contribution in [0.4, 0.5) is 0 Å². The fraction of sp³-hybridized carbons (Fsp3) is 0.667. The second-order valence-electron chi connectivity index (χ2n) is 6.26. The third-order valence-electron chi connectivity index (χ3n) is 4.31. The highest BCUT2D eigenvalue weighted by molar-refractivity contribution is 7.85. The first kappa shape index (κ1) is 18.9. The molecule has 2 rings (SSSR count). The average molecular weight is 351 g/mol. The SMILES string of the molecule is CCNC(=NCc1cccc(C)n1)NC1CCCC(S(=O)CC)C1. The first-order chi connectivity index (χ1) is 11.6. The van der Waals surface area contributed by atoms with Crippen molar-refractivity contribution in [2.75, 3.05) is 12.3 Å². The predicted octanol–water partition coefficient (Wildman–Crippen LogP) is 2.52. The molecule has 134 valence electrons. The maximum Gasteiger partial charge on any atom is 0.191 e. The van der Waals surface area contributed by atoms with Crippen molar-refractivity contribution in [1.29, 1.82) is 0 Å². The monoisotopic (exact) mass is 350 g/mol. The molecule has 0 radical (unpaired) electrons. The van der Waals surface area contributed by atoms with Crippen LogP contribution in [-0.2, 0) is 17.3 Å². The van der Waals surface area contributed by atoms with Crippen molar-refractivity contribution in [3.63, 3.8) is 0 Å². The van der Waals surface area contributed by atoms with Gasteiger partial charge in [-0.05, 0) is 45.2 Å². The molecule has 1 fully saturated rings. The first-order valence-electron chi connectivity index (χ1n) is 8.97. The van der Waals surface area contributed by atoms with Crippen molar-refractivity contribution in [1.82, 2.24) is 15.6 Å². The Morgan fingerprint density at radius 3 is 2.92 bits per heavy atom. The Labute approximate surface area is 148 Å². The fourth-order valence-corrected chi connectivity index (χ4v) is 4.46. The number of nitrogens with one attached hydrogen (secondary N) is 2. The highest BCUT2D eigenvalue weighted by Crippen LogP contribution is 2.23. The number of hydrogen-bond donors (Lipinski definition) is 2. The number of rotatable bonds is 6. The van der Waals surface area contributed by atoms with Gasteiger partial charge in [0.15, 0.2) is 5.96 Å². The van der Waals surface area contributed by atoms with E-state index in [1.807, 2.05) is 32.0 Å². The molecule has 1 heterocycles. The van der Waals surface area contributed by atoms with Gasteiger partial charge in [-0.1, -0.05) is 19.4 Å². The van der Waals surface area contributed by atoms with Crippen LogP contribution >= 0.6 is 0 Å². The van der Waals surface area contributed by atoms with Crippen LogP contribution in [0.1, 0.15) is 50.9 Å². The number of aryl methyl sites for hydroxylation is 1. The summed E-state index contributed by atoms with van der Waals surface area (Å²) in [5, 5.41) is 7.16. The zero-order valence-electron chi connectivity index (χ0n) is 15.0. The van der Waals surface area contributed by atoms with Gasteiger partial charge in [0.2, 0.25) is 0 Å². The van der Waals surface area contributed by atoms with Crippen LogP contribution in [0.15, 0.2) is 23.2 Å². The number of hydrogen-bond acceptors (Lipinski definition) is 3. The molecule has 1 aliphatic rings. The number of aliphatic imine (C=N–C) groups is 1. The van der Waals surface area contributed by atoms with Gasteiger partial charge in [-0.25, -0.2) is 4.99 Å². The highest BCUT2D eigenvalue weighted by atomic mass is 32.2. The van der Waals surface area contributed by atoms with Crippen LogP contribution < -0.4 is 10.6 Å². The molecule has 24 heavy (non-hydrogen) atoms. The lowest BCUT2D eigenvalue weighted by atomic mass is 9.95. The van der Waals surface area contributed by atoms with Crippen LogP contribution in [-0.4, -0.2) is 38.7 Å². The van der Waals surface area contributed by atoms with E-state index >= 15 is 0 Å². The number of nitrogens with zero attached hydrogens (tertiary/aromatic N) is 2. The Morgan fingerprint density at radius 1 is 1.38 bits per heavy atom. The lowest BCUT2D eigenvalue weighted by Gasteiger charge is -2.30. The van der Waals surface area contributed by atoms with Gasteiger partial charge >= 0.3 is 0 Å². The summed E-state index contributed by atoms with van der Waals surface area (Å²) >= 11 is 0. The molecule has 6 heteroatoms. The van der Waals surface area contributed by atoms with Crippen LogP contribution in [0.25, 0.3) is 0 Å².